The van der Waals surface area contributed by atoms with E-state index in [1.54, 1.807) is 17.1 Å². The van der Waals surface area contributed by atoms with Crippen molar-refractivity contribution in [3.63, 3.8) is 0 Å². The number of nitrogens with zero attached hydrogens (tertiary/aromatic N) is 2. The number of carbonyl (C=O) groups excluding carboxylic acids is 3. The van der Waals surface area contributed by atoms with Gasteiger partial charge >= 0.3 is 5.97 Å². The summed E-state index contributed by atoms with van der Waals surface area (Å²) in [4.78, 5) is 46.2. The highest BCUT2D eigenvalue weighted by molar-refractivity contribution is 5.99. The molecule has 0 aromatic rings. The number of esters is 1. The monoisotopic (exact) mass is 560 g/mol. The van der Waals surface area contributed by atoms with E-state index in [0.717, 1.165) is 12.8 Å². The molecule has 0 radical (unpaired) electrons. The second-order valence-electron chi connectivity index (χ2n) is 13.7. The number of aliphatic hydroxyl groups is 1. The van der Waals surface area contributed by atoms with Crippen LogP contribution in [-0.4, -0.2) is 81.3 Å². The van der Waals surface area contributed by atoms with Gasteiger partial charge in [0.25, 0.3) is 0 Å². The van der Waals surface area contributed by atoms with E-state index in [-0.39, 0.29) is 30.4 Å². The van der Waals surface area contributed by atoms with Gasteiger partial charge in [-0.15, -0.1) is 13.2 Å². The second-order valence-corrected chi connectivity index (χ2v) is 13.7. The van der Waals surface area contributed by atoms with Gasteiger partial charge in [-0.3, -0.25) is 14.4 Å². The second kappa shape index (κ2) is 12.0. The van der Waals surface area contributed by atoms with Crippen molar-refractivity contribution in [2.24, 2.45) is 17.3 Å². The molecular formula is C32H52N2O6. The SMILES string of the molecule is C=CCCCOC(=O)[C@@H]1[C@H]2C(=O)N([C@@H](CC)CO)C(C(=O)N(CC=C)C(C)(C)CC(C)(C)C)C23CC[C@@]1(CC)O3. The molecule has 3 heterocycles. The van der Waals surface area contributed by atoms with Crippen LogP contribution < -0.4 is 0 Å². The first kappa shape index (κ1) is 32.3. The Hall–Kier alpha value is -2.19. The third-order valence-corrected chi connectivity index (χ3v) is 9.25. The van der Waals surface area contributed by atoms with Crippen molar-refractivity contribution >= 4 is 17.8 Å². The number of hydrogen-bond donors (Lipinski definition) is 1. The van der Waals surface area contributed by atoms with Crippen LogP contribution in [0.4, 0.5) is 0 Å². The standard InChI is InChI=1S/C32H52N2O6/c1-10-14-15-19-39-28(38)24-23-26(36)34(22(12-3)20-35)25(32(23)17-16-31(24,13-4)40-32)27(37)33(18-11-2)30(8,9)21-29(5,6)7/h10-11,22-25,35H,1-2,12-21H2,3-9H3/t22-,23-,24-,25?,31+,32?/m0/s1. The van der Waals surface area contributed by atoms with Crippen LogP contribution in [0.2, 0.25) is 0 Å². The van der Waals surface area contributed by atoms with E-state index in [9.17, 15) is 19.5 Å². The van der Waals surface area contributed by atoms with Crippen LogP contribution in [0.1, 0.15) is 93.4 Å². The highest BCUT2D eigenvalue weighted by Crippen LogP contribution is 2.65. The number of amides is 2. The van der Waals surface area contributed by atoms with Gasteiger partial charge < -0.3 is 24.4 Å². The predicted molar refractivity (Wildman–Crippen MR) is 155 cm³/mol. The molecule has 0 aromatic carbocycles. The van der Waals surface area contributed by atoms with Gasteiger partial charge in [0, 0.05) is 12.1 Å². The van der Waals surface area contributed by atoms with Crippen molar-refractivity contribution < 1.29 is 29.0 Å². The lowest BCUT2D eigenvalue weighted by Gasteiger charge is -2.46. The predicted octanol–water partition coefficient (Wildman–Crippen LogP) is 4.65. The van der Waals surface area contributed by atoms with Crippen molar-refractivity contribution in [3.05, 3.63) is 25.3 Å². The summed E-state index contributed by atoms with van der Waals surface area (Å²) in [7, 11) is 0. The number of fused-ring (bicyclic) bond motifs is 1. The number of rotatable bonds is 14. The van der Waals surface area contributed by atoms with Gasteiger partial charge in [-0.2, -0.15) is 0 Å². The molecule has 3 fully saturated rings. The van der Waals surface area contributed by atoms with E-state index in [0.29, 0.717) is 38.6 Å². The van der Waals surface area contributed by atoms with Crippen molar-refractivity contribution in [2.45, 2.75) is 122 Å². The molecule has 2 unspecified atom stereocenters. The molecule has 6 atom stereocenters. The zero-order chi connectivity index (χ0) is 30.1. The molecule has 8 heteroatoms. The first-order valence-electron chi connectivity index (χ1n) is 15.0. The molecule has 8 nitrogen and oxygen atoms in total. The maximum absolute atomic E-state index is 14.8. The van der Waals surface area contributed by atoms with Crippen molar-refractivity contribution in [1.82, 2.24) is 9.80 Å². The van der Waals surface area contributed by atoms with Crippen molar-refractivity contribution in [2.75, 3.05) is 19.8 Å². The van der Waals surface area contributed by atoms with Gasteiger partial charge in [0.15, 0.2) is 0 Å². The van der Waals surface area contributed by atoms with Gasteiger partial charge in [-0.05, 0) is 64.2 Å². The van der Waals surface area contributed by atoms with E-state index >= 15 is 0 Å². The number of allylic oxidation sites excluding steroid dienone is 1. The molecule has 3 saturated heterocycles. The first-order valence-corrected chi connectivity index (χ1v) is 15.0. The van der Waals surface area contributed by atoms with Crippen LogP contribution in [0.15, 0.2) is 25.3 Å². The molecule has 0 saturated carbocycles. The minimum absolute atomic E-state index is 0.0543. The number of ether oxygens (including phenoxy) is 2. The van der Waals surface area contributed by atoms with Crippen LogP contribution in [0.5, 0.6) is 0 Å². The Bertz CT molecular complexity index is 982. The smallest absolute Gasteiger partial charge is 0.312 e. The minimum Gasteiger partial charge on any atom is -0.465 e. The molecule has 0 aliphatic carbocycles. The van der Waals surface area contributed by atoms with Crippen molar-refractivity contribution in [3.8, 4) is 0 Å². The number of unbranched alkanes of at least 4 members (excludes halogenated alkanes) is 1. The summed E-state index contributed by atoms with van der Waals surface area (Å²) in [6, 6.07) is -1.52. The summed E-state index contributed by atoms with van der Waals surface area (Å²) in [5.41, 5.74) is -2.61. The van der Waals surface area contributed by atoms with Crippen LogP contribution in [0.3, 0.4) is 0 Å². The zero-order valence-corrected chi connectivity index (χ0v) is 25.8. The van der Waals surface area contributed by atoms with E-state index in [4.69, 9.17) is 9.47 Å². The normalized spacial score (nSPS) is 30.2. The molecule has 3 rings (SSSR count). The Kier molecular flexibility index (Phi) is 9.67. The van der Waals surface area contributed by atoms with E-state index in [1.807, 2.05) is 32.6 Å². The number of likely N-dealkylation sites (tertiary alicyclic amines) is 1. The highest BCUT2D eigenvalue weighted by Gasteiger charge is 2.79. The van der Waals surface area contributed by atoms with Gasteiger partial charge in [-0.25, -0.2) is 0 Å². The molecule has 226 valence electrons. The third-order valence-electron chi connectivity index (χ3n) is 9.25. The molecule has 2 amide bonds. The molecule has 1 N–H and O–H groups in total. The lowest BCUT2D eigenvalue weighted by Crippen LogP contribution is -2.62. The molecule has 0 aromatic heterocycles. The van der Waals surface area contributed by atoms with Gasteiger partial charge in [0.1, 0.15) is 17.6 Å². The summed E-state index contributed by atoms with van der Waals surface area (Å²) in [6.07, 6.45) is 7.67. The zero-order valence-electron chi connectivity index (χ0n) is 25.8. The highest BCUT2D eigenvalue weighted by atomic mass is 16.6. The Morgan fingerprint density at radius 1 is 1.20 bits per heavy atom. The Morgan fingerprint density at radius 2 is 1.88 bits per heavy atom. The van der Waals surface area contributed by atoms with E-state index in [2.05, 4.69) is 33.9 Å². The lowest BCUT2D eigenvalue weighted by atomic mass is 9.65. The fraction of sp³-hybridized carbons (Fsp3) is 0.781. The molecule has 2 bridgehead atoms. The van der Waals surface area contributed by atoms with Crippen LogP contribution in [-0.2, 0) is 23.9 Å². The summed E-state index contributed by atoms with van der Waals surface area (Å²) in [6.45, 7) is 22.3. The quantitative estimate of drug-likeness (QED) is 0.189. The average Bonchev–Trinajstić information content (AvgIpc) is 3.48. The Balaban J connectivity index is 2.12. The van der Waals surface area contributed by atoms with E-state index < -0.39 is 46.6 Å². The third kappa shape index (κ3) is 5.50. The molecule has 3 aliphatic rings. The topological polar surface area (TPSA) is 96.4 Å². The molecule has 3 aliphatic heterocycles. The molecular weight excluding hydrogens is 508 g/mol. The van der Waals surface area contributed by atoms with Gasteiger partial charge in [0.2, 0.25) is 11.8 Å². The van der Waals surface area contributed by atoms with Gasteiger partial charge in [-0.1, -0.05) is 46.8 Å². The summed E-state index contributed by atoms with van der Waals surface area (Å²) in [5.74, 6) is -2.58. The fourth-order valence-electron chi connectivity index (χ4n) is 7.90. The average molecular weight is 561 g/mol. The maximum Gasteiger partial charge on any atom is 0.312 e. The molecule has 40 heavy (non-hydrogen) atoms. The van der Waals surface area contributed by atoms with E-state index in [1.165, 1.54) is 0 Å². The van der Waals surface area contributed by atoms with Gasteiger partial charge in [0.05, 0.1) is 30.8 Å². The maximum atomic E-state index is 14.8. The van der Waals surface area contributed by atoms with Crippen LogP contribution >= 0.6 is 0 Å². The van der Waals surface area contributed by atoms with Crippen molar-refractivity contribution in [1.29, 1.82) is 0 Å². The number of aliphatic hydroxyl groups excluding tert-OH is 1. The Labute approximate surface area is 241 Å². The molecule has 1 spiro atoms. The largest absolute Gasteiger partial charge is 0.465 e. The summed E-state index contributed by atoms with van der Waals surface area (Å²) >= 11 is 0. The minimum atomic E-state index is -1.16. The van der Waals surface area contributed by atoms with Crippen LogP contribution in [0.25, 0.3) is 0 Å². The summed E-state index contributed by atoms with van der Waals surface area (Å²) < 4.78 is 12.6. The first-order chi connectivity index (χ1) is 18.7. The number of hydrogen-bond acceptors (Lipinski definition) is 6. The van der Waals surface area contributed by atoms with Crippen LogP contribution in [0, 0.1) is 17.3 Å². The number of carbonyl (C=O) groups is 3. The fourth-order valence-corrected chi connectivity index (χ4v) is 7.90. The Morgan fingerprint density at radius 3 is 2.40 bits per heavy atom. The lowest BCUT2D eigenvalue weighted by molar-refractivity contribution is -0.165. The summed E-state index contributed by atoms with van der Waals surface area (Å²) in [5, 5.41) is 10.4.